The van der Waals surface area contributed by atoms with Crippen LogP contribution < -0.4 is 0 Å². The molecule has 0 N–H and O–H groups in total. The van der Waals surface area contributed by atoms with Gasteiger partial charge in [-0.1, -0.05) is 30.3 Å². The summed E-state index contributed by atoms with van der Waals surface area (Å²) in [5, 5.41) is 1.87. The Balaban J connectivity index is 1.63. The van der Waals surface area contributed by atoms with E-state index in [1.54, 1.807) is 11.0 Å². The Morgan fingerprint density at radius 2 is 1.79 bits per heavy atom. The Morgan fingerprint density at radius 1 is 1.08 bits per heavy atom. The number of hydrogen-bond acceptors (Lipinski definition) is 4. The van der Waals surface area contributed by atoms with Crippen molar-refractivity contribution in [1.29, 1.82) is 0 Å². The van der Waals surface area contributed by atoms with E-state index in [2.05, 4.69) is 0 Å². The zero-order chi connectivity index (χ0) is 17.2. The third kappa shape index (κ3) is 3.68. The fraction of sp³-hybridized carbons (Fsp3) is 0.353. The van der Waals surface area contributed by atoms with Crippen molar-refractivity contribution in [3.05, 3.63) is 57.8 Å². The maximum absolute atomic E-state index is 12.6. The van der Waals surface area contributed by atoms with Crippen LogP contribution in [0.5, 0.6) is 0 Å². The van der Waals surface area contributed by atoms with Crippen LogP contribution in [0.1, 0.15) is 20.8 Å². The van der Waals surface area contributed by atoms with Crippen molar-refractivity contribution in [1.82, 2.24) is 9.21 Å². The number of sulfonamides is 1. The van der Waals surface area contributed by atoms with E-state index in [-0.39, 0.29) is 11.7 Å². The lowest BCUT2D eigenvalue weighted by Crippen LogP contribution is -2.50. The van der Waals surface area contributed by atoms with E-state index in [0.717, 1.165) is 11.1 Å². The normalized spacial score (nSPS) is 16.3. The SMILES string of the molecule is Cc1ccccc1CS(=O)(=O)N1CCN(C(=O)c2cccs2)CC1. The highest BCUT2D eigenvalue weighted by atomic mass is 32.2. The number of hydrogen-bond donors (Lipinski definition) is 0. The number of nitrogens with zero attached hydrogens (tertiary/aromatic N) is 2. The van der Waals surface area contributed by atoms with Crippen LogP contribution in [0.25, 0.3) is 0 Å². The topological polar surface area (TPSA) is 57.7 Å². The van der Waals surface area contributed by atoms with E-state index < -0.39 is 10.0 Å². The number of amides is 1. The van der Waals surface area contributed by atoms with Crippen LogP contribution >= 0.6 is 11.3 Å². The standard InChI is InChI=1S/C17H20N2O3S2/c1-14-5-2-3-6-15(14)13-24(21,22)19-10-8-18(9-11-19)17(20)16-7-4-12-23-16/h2-7,12H,8-11,13H2,1H3. The molecular weight excluding hydrogens is 344 g/mol. The lowest BCUT2D eigenvalue weighted by molar-refractivity contribution is 0.0702. The first-order valence-corrected chi connectivity index (χ1v) is 10.3. The van der Waals surface area contributed by atoms with Gasteiger partial charge in [0.25, 0.3) is 5.91 Å². The molecule has 0 aliphatic carbocycles. The van der Waals surface area contributed by atoms with Gasteiger partial charge in [-0.3, -0.25) is 4.79 Å². The minimum atomic E-state index is -3.36. The number of carbonyl (C=O) groups excluding carboxylic acids is 1. The van der Waals surface area contributed by atoms with Crippen molar-refractivity contribution < 1.29 is 13.2 Å². The third-order valence-corrected chi connectivity index (χ3v) is 6.94. The summed E-state index contributed by atoms with van der Waals surface area (Å²) in [6.45, 7) is 3.49. The van der Waals surface area contributed by atoms with E-state index in [0.29, 0.717) is 31.1 Å². The molecular formula is C17H20N2O3S2. The maximum atomic E-state index is 12.6. The summed E-state index contributed by atoms with van der Waals surface area (Å²) in [5.41, 5.74) is 1.81. The predicted molar refractivity (Wildman–Crippen MR) is 95.6 cm³/mol. The van der Waals surface area contributed by atoms with E-state index in [1.165, 1.54) is 15.6 Å². The Labute approximate surface area is 146 Å². The first-order valence-electron chi connectivity index (χ1n) is 7.82. The molecule has 0 radical (unpaired) electrons. The van der Waals surface area contributed by atoms with Crippen molar-refractivity contribution in [2.24, 2.45) is 0 Å². The average molecular weight is 364 g/mol. The van der Waals surface area contributed by atoms with Gasteiger partial charge in [0.05, 0.1) is 10.6 Å². The number of piperazine rings is 1. The van der Waals surface area contributed by atoms with Gasteiger partial charge < -0.3 is 4.90 Å². The second kappa shape index (κ2) is 7.04. The Morgan fingerprint density at radius 3 is 2.42 bits per heavy atom. The van der Waals surface area contributed by atoms with Crippen LogP contribution in [0.3, 0.4) is 0 Å². The quantitative estimate of drug-likeness (QED) is 0.837. The molecule has 0 unspecified atom stereocenters. The molecule has 1 aromatic heterocycles. The van der Waals surface area contributed by atoms with Crippen molar-refractivity contribution >= 4 is 27.3 Å². The first-order chi connectivity index (χ1) is 11.5. The number of benzene rings is 1. The highest BCUT2D eigenvalue weighted by molar-refractivity contribution is 7.88. The fourth-order valence-electron chi connectivity index (χ4n) is 2.79. The summed E-state index contributed by atoms with van der Waals surface area (Å²) in [5.74, 6) is -0.000563. The zero-order valence-corrected chi connectivity index (χ0v) is 15.1. The maximum Gasteiger partial charge on any atom is 0.264 e. The highest BCUT2D eigenvalue weighted by Crippen LogP contribution is 2.18. The van der Waals surface area contributed by atoms with Gasteiger partial charge in [-0.05, 0) is 29.5 Å². The fourth-order valence-corrected chi connectivity index (χ4v) is 5.10. The van der Waals surface area contributed by atoms with Gasteiger partial charge in [-0.15, -0.1) is 11.3 Å². The number of thiophene rings is 1. The molecule has 5 nitrogen and oxygen atoms in total. The second-order valence-electron chi connectivity index (χ2n) is 5.85. The summed E-state index contributed by atoms with van der Waals surface area (Å²) >= 11 is 1.41. The third-order valence-electron chi connectivity index (χ3n) is 4.25. The van der Waals surface area contributed by atoms with Crippen LogP contribution in [0.15, 0.2) is 41.8 Å². The molecule has 7 heteroatoms. The number of rotatable bonds is 4. The zero-order valence-electron chi connectivity index (χ0n) is 13.5. The van der Waals surface area contributed by atoms with Crippen LogP contribution in [-0.2, 0) is 15.8 Å². The highest BCUT2D eigenvalue weighted by Gasteiger charge is 2.29. The molecule has 0 atom stereocenters. The average Bonchev–Trinajstić information content (AvgIpc) is 3.11. The smallest absolute Gasteiger partial charge is 0.264 e. The Bertz CT molecular complexity index is 808. The molecule has 0 saturated carbocycles. The molecule has 1 aromatic carbocycles. The molecule has 2 aromatic rings. The van der Waals surface area contributed by atoms with Crippen LogP contribution in [0.2, 0.25) is 0 Å². The second-order valence-corrected chi connectivity index (χ2v) is 8.77. The lowest BCUT2D eigenvalue weighted by atomic mass is 10.1. The largest absolute Gasteiger partial charge is 0.335 e. The minimum absolute atomic E-state index is 0.0124. The lowest BCUT2D eigenvalue weighted by Gasteiger charge is -2.33. The number of aryl methyl sites for hydroxylation is 1. The molecule has 24 heavy (non-hydrogen) atoms. The van der Waals surface area contributed by atoms with Crippen molar-refractivity contribution in [3.63, 3.8) is 0 Å². The van der Waals surface area contributed by atoms with Crippen molar-refractivity contribution in [2.75, 3.05) is 26.2 Å². The minimum Gasteiger partial charge on any atom is -0.335 e. The summed E-state index contributed by atoms with van der Waals surface area (Å²) in [4.78, 5) is 14.7. The van der Waals surface area contributed by atoms with E-state index in [9.17, 15) is 13.2 Å². The molecule has 1 fully saturated rings. The Hall–Kier alpha value is -1.70. The van der Waals surface area contributed by atoms with Crippen molar-refractivity contribution in [3.8, 4) is 0 Å². The monoisotopic (exact) mass is 364 g/mol. The molecule has 1 aliphatic heterocycles. The molecule has 1 amide bonds. The molecule has 0 bridgehead atoms. The van der Waals surface area contributed by atoms with E-state index >= 15 is 0 Å². The van der Waals surface area contributed by atoms with Crippen LogP contribution in [-0.4, -0.2) is 49.7 Å². The Kier molecular flexibility index (Phi) is 5.03. The summed E-state index contributed by atoms with van der Waals surface area (Å²) in [6, 6.07) is 11.2. The molecule has 1 saturated heterocycles. The van der Waals surface area contributed by atoms with Gasteiger partial charge in [0.15, 0.2) is 0 Å². The molecule has 1 aliphatic rings. The molecule has 128 valence electrons. The van der Waals surface area contributed by atoms with Crippen LogP contribution in [0.4, 0.5) is 0 Å². The van der Waals surface area contributed by atoms with Gasteiger partial charge in [0.1, 0.15) is 0 Å². The van der Waals surface area contributed by atoms with Gasteiger partial charge >= 0.3 is 0 Å². The van der Waals surface area contributed by atoms with Gasteiger partial charge in [0, 0.05) is 26.2 Å². The summed E-state index contributed by atoms with van der Waals surface area (Å²) in [7, 11) is -3.36. The number of carbonyl (C=O) groups is 1. The van der Waals surface area contributed by atoms with Gasteiger partial charge in [0.2, 0.25) is 10.0 Å². The molecule has 3 rings (SSSR count). The summed E-state index contributed by atoms with van der Waals surface area (Å²) < 4.78 is 26.8. The van der Waals surface area contributed by atoms with E-state index in [1.807, 2.05) is 42.6 Å². The van der Waals surface area contributed by atoms with Gasteiger partial charge in [-0.25, -0.2) is 8.42 Å². The van der Waals surface area contributed by atoms with E-state index in [4.69, 9.17) is 0 Å². The van der Waals surface area contributed by atoms with Crippen LogP contribution in [0, 0.1) is 6.92 Å². The van der Waals surface area contributed by atoms with Gasteiger partial charge in [-0.2, -0.15) is 4.31 Å². The predicted octanol–water partition coefficient (Wildman–Crippen LogP) is 2.34. The molecule has 0 spiro atoms. The molecule has 2 heterocycles. The first kappa shape index (κ1) is 17.1. The summed E-state index contributed by atoms with van der Waals surface area (Å²) in [6.07, 6.45) is 0. The van der Waals surface area contributed by atoms with Crippen molar-refractivity contribution in [2.45, 2.75) is 12.7 Å².